The number of hydrogen-bond donors (Lipinski definition) is 1. The van der Waals surface area contributed by atoms with Gasteiger partial charge < -0.3 is 5.73 Å². The van der Waals surface area contributed by atoms with Gasteiger partial charge in [0, 0.05) is 13.1 Å². The van der Waals surface area contributed by atoms with Gasteiger partial charge in [0.05, 0.1) is 0 Å². The Kier molecular flexibility index (Phi) is 4.42. The van der Waals surface area contributed by atoms with Crippen molar-refractivity contribution < 1.29 is 0 Å². The van der Waals surface area contributed by atoms with Crippen LogP contribution in [-0.4, -0.2) is 31.1 Å². The summed E-state index contributed by atoms with van der Waals surface area (Å²) in [4.78, 5) is 2.58. The predicted octanol–water partition coefficient (Wildman–Crippen LogP) is 2.55. The fourth-order valence-corrected chi connectivity index (χ4v) is 3.33. The quantitative estimate of drug-likeness (QED) is 0.744. The molecule has 0 atom stereocenters. The maximum atomic E-state index is 5.45. The fraction of sp³-hybridized carbons (Fsp3) is 0.857. The van der Waals surface area contributed by atoms with Crippen LogP contribution in [0.15, 0.2) is 12.2 Å². The number of piperidine rings is 1. The Morgan fingerprint density at radius 2 is 1.62 bits per heavy atom. The van der Waals surface area contributed by atoms with E-state index in [1.54, 1.807) is 0 Å². The third kappa shape index (κ3) is 3.08. The van der Waals surface area contributed by atoms with Gasteiger partial charge >= 0.3 is 0 Å². The largest absolute Gasteiger partial charge is 0.327 e. The monoisotopic (exact) mass is 222 g/mol. The van der Waals surface area contributed by atoms with Crippen molar-refractivity contribution in [3.63, 3.8) is 0 Å². The van der Waals surface area contributed by atoms with E-state index in [-0.39, 0.29) is 0 Å². The average Bonchev–Trinajstić information content (AvgIpc) is 2.33. The summed E-state index contributed by atoms with van der Waals surface area (Å²) in [6.07, 6.45) is 14.6. The number of hydrogen-bond acceptors (Lipinski definition) is 2. The zero-order chi connectivity index (χ0) is 11.3. The van der Waals surface area contributed by atoms with Gasteiger partial charge in [-0.1, -0.05) is 31.4 Å². The highest BCUT2D eigenvalue weighted by Gasteiger charge is 2.34. The van der Waals surface area contributed by atoms with Gasteiger partial charge in [0.2, 0.25) is 0 Å². The van der Waals surface area contributed by atoms with Crippen LogP contribution in [0.1, 0.15) is 44.9 Å². The Labute approximate surface area is 99.9 Å². The van der Waals surface area contributed by atoms with E-state index < -0.39 is 0 Å². The molecule has 1 aliphatic heterocycles. The summed E-state index contributed by atoms with van der Waals surface area (Å²) in [5.74, 6) is 0. The number of rotatable bonds is 3. The van der Waals surface area contributed by atoms with Crippen LogP contribution in [0.25, 0.3) is 0 Å². The van der Waals surface area contributed by atoms with Gasteiger partial charge in [-0.15, -0.1) is 0 Å². The minimum absolute atomic E-state index is 0.678. The second-order valence-corrected chi connectivity index (χ2v) is 5.57. The molecular weight excluding hydrogens is 196 g/mol. The topological polar surface area (TPSA) is 29.3 Å². The first-order valence-corrected chi connectivity index (χ1v) is 6.92. The van der Waals surface area contributed by atoms with E-state index in [1.807, 2.05) is 0 Å². The van der Waals surface area contributed by atoms with Crippen LogP contribution in [0.4, 0.5) is 0 Å². The van der Waals surface area contributed by atoms with Gasteiger partial charge in [0.1, 0.15) is 0 Å². The molecule has 2 fully saturated rings. The van der Waals surface area contributed by atoms with Gasteiger partial charge in [0.25, 0.3) is 0 Å². The molecule has 1 saturated carbocycles. The van der Waals surface area contributed by atoms with Crippen molar-refractivity contribution in [1.29, 1.82) is 0 Å². The fourth-order valence-electron chi connectivity index (χ4n) is 3.33. The maximum absolute atomic E-state index is 5.45. The lowest BCUT2D eigenvalue weighted by atomic mass is 9.68. The maximum Gasteiger partial charge on any atom is 0.0163 e. The van der Waals surface area contributed by atoms with Crippen molar-refractivity contribution in [2.75, 3.05) is 26.2 Å². The first-order chi connectivity index (χ1) is 7.85. The first-order valence-electron chi connectivity index (χ1n) is 6.92. The lowest BCUT2D eigenvalue weighted by Gasteiger charge is -2.44. The van der Waals surface area contributed by atoms with Crippen molar-refractivity contribution in [3.8, 4) is 0 Å². The molecule has 0 amide bonds. The van der Waals surface area contributed by atoms with Crippen LogP contribution < -0.4 is 5.73 Å². The van der Waals surface area contributed by atoms with Crippen molar-refractivity contribution in [2.45, 2.75) is 44.9 Å². The van der Waals surface area contributed by atoms with Crippen LogP contribution in [-0.2, 0) is 0 Å². The molecule has 0 radical (unpaired) electrons. The molecule has 2 aliphatic rings. The van der Waals surface area contributed by atoms with E-state index in [4.69, 9.17) is 5.73 Å². The molecule has 1 aliphatic carbocycles. The van der Waals surface area contributed by atoms with E-state index in [0.29, 0.717) is 6.54 Å². The molecule has 0 aromatic rings. The van der Waals surface area contributed by atoms with Crippen molar-refractivity contribution in [1.82, 2.24) is 4.90 Å². The molecule has 16 heavy (non-hydrogen) atoms. The Hall–Kier alpha value is -0.340. The van der Waals surface area contributed by atoms with Crippen molar-refractivity contribution in [3.05, 3.63) is 12.2 Å². The van der Waals surface area contributed by atoms with Gasteiger partial charge in [0.15, 0.2) is 0 Å². The Bertz CT molecular complexity index is 219. The van der Waals surface area contributed by atoms with E-state index in [9.17, 15) is 0 Å². The number of nitrogens with two attached hydrogens (primary N) is 1. The first kappa shape index (κ1) is 12.1. The Morgan fingerprint density at radius 3 is 2.25 bits per heavy atom. The molecule has 0 bridgehead atoms. The molecule has 0 unspecified atom stereocenters. The molecule has 0 aromatic carbocycles. The molecule has 2 N–H and O–H groups in total. The van der Waals surface area contributed by atoms with Gasteiger partial charge in [-0.05, 0) is 44.2 Å². The highest BCUT2D eigenvalue weighted by atomic mass is 15.1. The summed E-state index contributed by atoms with van der Waals surface area (Å²) in [6, 6.07) is 0. The predicted molar refractivity (Wildman–Crippen MR) is 69.4 cm³/mol. The number of nitrogens with zero attached hydrogens (tertiary/aromatic N) is 1. The smallest absolute Gasteiger partial charge is 0.0163 e. The van der Waals surface area contributed by atoms with Crippen LogP contribution in [0, 0.1) is 5.41 Å². The molecule has 92 valence electrons. The molecule has 1 spiro atoms. The highest BCUT2D eigenvalue weighted by Crippen LogP contribution is 2.44. The van der Waals surface area contributed by atoms with Crippen molar-refractivity contribution in [2.24, 2.45) is 11.1 Å². The summed E-state index contributed by atoms with van der Waals surface area (Å²) in [7, 11) is 0. The van der Waals surface area contributed by atoms with Gasteiger partial charge in [-0.25, -0.2) is 0 Å². The SMILES string of the molecule is NCC=CCN1CCC2(CCCCC2)CC1. The van der Waals surface area contributed by atoms with Crippen LogP contribution in [0.5, 0.6) is 0 Å². The van der Waals surface area contributed by atoms with Crippen molar-refractivity contribution >= 4 is 0 Å². The second-order valence-electron chi connectivity index (χ2n) is 5.57. The standard InChI is InChI=1S/C14H26N2/c15-10-4-5-11-16-12-8-14(9-13-16)6-2-1-3-7-14/h4-5H,1-3,6-13,15H2. The third-order valence-electron chi connectivity index (χ3n) is 4.50. The normalized spacial score (nSPS) is 26.6. The Morgan fingerprint density at radius 1 is 0.938 bits per heavy atom. The summed E-state index contributed by atoms with van der Waals surface area (Å²) in [6.45, 7) is 4.38. The summed E-state index contributed by atoms with van der Waals surface area (Å²) in [5.41, 5.74) is 6.19. The molecular formula is C14H26N2. The lowest BCUT2D eigenvalue weighted by molar-refractivity contribution is 0.0737. The second kappa shape index (κ2) is 5.83. The molecule has 2 rings (SSSR count). The minimum Gasteiger partial charge on any atom is -0.327 e. The molecule has 0 aromatic heterocycles. The van der Waals surface area contributed by atoms with E-state index in [2.05, 4.69) is 17.1 Å². The third-order valence-corrected chi connectivity index (χ3v) is 4.50. The van der Waals surface area contributed by atoms with Gasteiger partial charge in [-0.2, -0.15) is 0 Å². The Balaban J connectivity index is 1.75. The molecule has 1 saturated heterocycles. The lowest BCUT2D eigenvalue weighted by Crippen LogP contribution is -2.41. The van der Waals surface area contributed by atoms with E-state index in [0.717, 1.165) is 12.0 Å². The van der Waals surface area contributed by atoms with E-state index >= 15 is 0 Å². The number of likely N-dealkylation sites (tertiary alicyclic amines) is 1. The van der Waals surface area contributed by atoms with Gasteiger partial charge in [-0.3, -0.25) is 4.90 Å². The summed E-state index contributed by atoms with van der Waals surface area (Å²) < 4.78 is 0. The van der Waals surface area contributed by atoms with Crippen LogP contribution in [0.2, 0.25) is 0 Å². The van der Waals surface area contributed by atoms with E-state index in [1.165, 1.54) is 58.0 Å². The highest BCUT2D eigenvalue weighted by molar-refractivity contribution is 4.91. The summed E-state index contributed by atoms with van der Waals surface area (Å²) >= 11 is 0. The molecule has 2 nitrogen and oxygen atoms in total. The minimum atomic E-state index is 0.678. The average molecular weight is 222 g/mol. The zero-order valence-corrected chi connectivity index (χ0v) is 10.5. The molecule has 1 heterocycles. The summed E-state index contributed by atoms with van der Waals surface area (Å²) in [5, 5.41) is 0. The van der Waals surface area contributed by atoms with Crippen LogP contribution >= 0.6 is 0 Å². The molecule has 2 heteroatoms. The zero-order valence-electron chi connectivity index (χ0n) is 10.5. The van der Waals surface area contributed by atoms with Crippen LogP contribution in [0.3, 0.4) is 0 Å².